The number of rotatable bonds is 4. The van der Waals surface area contributed by atoms with Crippen molar-refractivity contribution < 1.29 is 10.2 Å². The number of nitrogens with zero attached hydrogens (tertiary/aromatic N) is 1. The highest BCUT2D eigenvalue weighted by Gasteiger charge is 2.06. The molecule has 0 spiro atoms. The smallest absolute Gasteiger partial charge is 0.141 e. The standard InChI is InChI=1S/C16H13NO.C13H13NO/c18-15-9-8-13(11-12-5-2-1-3-6-12)14-7-4-10-17-16(14)15;14-12-9-11(6-7-13(12)15)8-10-4-2-1-3-5-10/h1-10,18H,11H2;1-7,9,15H,8,14H2. The van der Waals surface area contributed by atoms with E-state index in [0.717, 1.165) is 23.8 Å². The Morgan fingerprint density at radius 3 is 1.91 bits per heavy atom. The second-order valence-electron chi connectivity index (χ2n) is 7.86. The number of fused-ring (bicyclic) bond motifs is 1. The van der Waals surface area contributed by atoms with Gasteiger partial charge in [0.2, 0.25) is 0 Å². The lowest BCUT2D eigenvalue weighted by molar-refractivity contribution is 0.477. The van der Waals surface area contributed by atoms with Gasteiger partial charge in [-0.05, 0) is 59.4 Å². The Bertz CT molecular complexity index is 1340. The van der Waals surface area contributed by atoms with Crippen LogP contribution in [-0.4, -0.2) is 15.2 Å². The second-order valence-corrected chi connectivity index (χ2v) is 7.86. The molecule has 5 rings (SSSR count). The maximum absolute atomic E-state index is 9.80. The molecule has 33 heavy (non-hydrogen) atoms. The lowest BCUT2D eigenvalue weighted by Gasteiger charge is -2.07. The van der Waals surface area contributed by atoms with E-state index >= 15 is 0 Å². The number of nitrogens with two attached hydrogens (primary N) is 1. The van der Waals surface area contributed by atoms with Crippen molar-refractivity contribution >= 4 is 16.6 Å². The summed E-state index contributed by atoms with van der Waals surface area (Å²) in [5.41, 5.74) is 11.5. The van der Waals surface area contributed by atoms with E-state index in [2.05, 4.69) is 29.2 Å². The maximum atomic E-state index is 9.80. The molecular weight excluding hydrogens is 408 g/mol. The minimum atomic E-state index is 0.145. The first kappa shape index (κ1) is 21.9. The largest absolute Gasteiger partial charge is 0.506 e. The summed E-state index contributed by atoms with van der Waals surface area (Å²) < 4.78 is 0. The van der Waals surface area contributed by atoms with E-state index in [1.165, 1.54) is 16.7 Å². The van der Waals surface area contributed by atoms with E-state index < -0.39 is 0 Å². The lowest BCUT2D eigenvalue weighted by Crippen LogP contribution is -1.91. The Kier molecular flexibility index (Phi) is 6.86. The van der Waals surface area contributed by atoms with Gasteiger partial charge in [-0.2, -0.15) is 0 Å². The molecule has 0 aliphatic carbocycles. The highest BCUT2D eigenvalue weighted by molar-refractivity contribution is 5.87. The Morgan fingerprint density at radius 2 is 1.24 bits per heavy atom. The minimum absolute atomic E-state index is 0.145. The number of hydrogen-bond donors (Lipinski definition) is 3. The fourth-order valence-electron chi connectivity index (χ4n) is 3.73. The fourth-order valence-corrected chi connectivity index (χ4v) is 3.73. The Morgan fingerprint density at radius 1 is 0.606 bits per heavy atom. The number of anilines is 1. The number of phenols is 2. The van der Waals surface area contributed by atoms with Crippen LogP contribution in [-0.2, 0) is 12.8 Å². The van der Waals surface area contributed by atoms with Crippen molar-refractivity contribution in [3.63, 3.8) is 0 Å². The Balaban J connectivity index is 0.000000160. The molecule has 164 valence electrons. The molecule has 4 nitrogen and oxygen atoms in total. The van der Waals surface area contributed by atoms with Crippen molar-refractivity contribution in [2.24, 2.45) is 0 Å². The number of pyridine rings is 1. The maximum Gasteiger partial charge on any atom is 0.141 e. The lowest BCUT2D eigenvalue weighted by atomic mass is 10.0. The summed E-state index contributed by atoms with van der Waals surface area (Å²) >= 11 is 0. The van der Waals surface area contributed by atoms with Crippen molar-refractivity contribution in [3.05, 3.63) is 132 Å². The highest BCUT2D eigenvalue weighted by Crippen LogP contribution is 2.27. The van der Waals surface area contributed by atoms with Crippen LogP contribution < -0.4 is 5.73 Å². The van der Waals surface area contributed by atoms with Crippen molar-refractivity contribution in [2.75, 3.05) is 5.73 Å². The van der Waals surface area contributed by atoms with Gasteiger partial charge in [0.15, 0.2) is 0 Å². The molecule has 1 heterocycles. The molecular formula is C29H26N2O2. The molecule has 0 aliphatic heterocycles. The van der Waals surface area contributed by atoms with Crippen molar-refractivity contribution in [3.8, 4) is 11.5 Å². The molecule has 0 unspecified atom stereocenters. The van der Waals surface area contributed by atoms with Crippen LogP contribution in [0, 0.1) is 0 Å². The molecule has 4 N–H and O–H groups in total. The summed E-state index contributed by atoms with van der Waals surface area (Å²) in [6, 6.07) is 33.4. The molecule has 0 fully saturated rings. The van der Waals surface area contributed by atoms with Gasteiger partial charge in [-0.1, -0.05) is 78.9 Å². The van der Waals surface area contributed by atoms with E-state index in [1.807, 2.05) is 66.7 Å². The van der Waals surface area contributed by atoms with Gasteiger partial charge in [-0.15, -0.1) is 0 Å². The number of benzene rings is 4. The van der Waals surface area contributed by atoms with Crippen LogP contribution in [0.4, 0.5) is 5.69 Å². The summed E-state index contributed by atoms with van der Waals surface area (Å²) in [5, 5.41) is 20.1. The van der Waals surface area contributed by atoms with Crippen LogP contribution in [0.2, 0.25) is 0 Å². The molecule has 0 bridgehead atoms. The summed E-state index contributed by atoms with van der Waals surface area (Å²) in [6.07, 6.45) is 3.39. The van der Waals surface area contributed by atoms with E-state index in [-0.39, 0.29) is 11.5 Å². The first-order chi connectivity index (χ1) is 16.1. The highest BCUT2D eigenvalue weighted by atomic mass is 16.3. The van der Waals surface area contributed by atoms with Gasteiger partial charge in [-0.3, -0.25) is 4.98 Å². The van der Waals surface area contributed by atoms with Gasteiger partial charge in [0, 0.05) is 11.6 Å². The van der Waals surface area contributed by atoms with Gasteiger partial charge in [-0.25, -0.2) is 0 Å². The van der Waals surface area contributed by atoms with Crippen LogP contribution in [0.3, 0.4) is 0 Å². The van der Waals surface area contributed by atoms with Crippen LogP contribution in [0.5, 0.6) is 11.5 Å². The monoisotopic (exact) mass is 434 g/mol. The van der Waals surface area contributed by atoms with Gasteiger partial charge in [0.05, 0.1) is 5.69 Å². The van der Waals surface area contributed by atoms with Gasteiger partial charge >= 0.3 is 0 Å². The molecule has 0 amide bonds. The number of aromatic hydroxyl groups is 2. The zero-order valence-corrected chi connectivity index (χ0v) is 18.2. The summed E-state index contributed by atoms with van der Waals surface area (Å²) in [4.78, 5) is 4.23. The zero-order chi connectivity index (χ0) is 23.0. The molecule has 1 aromatic heterocycles. The number of aromatic nitrogens is 1. The van der Waals surface area contributed by atoms with Crippen LogP contribution in [0.1, 0.15) is 22.3 Å². The van der Waals surface area contributed by atoms with Crippen molar-refractivity contribution in [1.82, 2.24) is 4.98 Å². The van der Waals surface area contributed by atoms with Crippen LogP contribution in [0.15, 0.2) is 109 Å². The predicted octanol–water partition coefficient (Wildman–Crippen LogP) is 6.10. The van der Waals surface area contributed by atoms with Gasteiger partial charge < -0.3 is 15.9 Å². The molecule has 4 aromatic carbocycles. The van der Waals surface area contributed by atoms with E-state index in [9.17, 15) is 10.2 Å². The summed E-state index contributed by atoms with van der Waals surface area (Å²) in [7, 11) is 0. The SMILES string of the molecule is Nc1cc(Cc2ccccc2)ccc1O.Oc1ccc(Cc2ccccc2)c2cccnc12. The molecule has 0 radical (unpaired) electrons. The zero-order valence-electron chi connectivity index (χ0n) is 18.2. The molecule has 5 aromatic rings. The van der Waals surface area contributed by atoms with Crippen LogP contribution >= 0.6 is 0 Å². The molecule has 0 saturated heterocycles. The predicted molar refractivity (Wildman–Crippen MR) is 134 cm³/mol. The van der Waals surface area contributed by atoms with E-state index in [1.54, 1.807) is 18.3 Å². The molecule has 4 heteroatoms. The normalized spacial score (nSPS) is 10.4. The minimum Gasteiger partial charge on any atom is -0.506 e. The quantitative estimate of drug-likeness (QED) is 0.236. The summed E-state index contributed by atoms with van der Waals surface area (Å²) in [5.74, 6) is 0.384. The van der Waals surface area contributed by atoms with Crippen molar-refractivity contribution in [1.29, 1.82) is 0 Å². The first-order valence-corrected chi connectivity index (χ1v) is 10.8. The average Bonchev–Trinajstić information content (AvgIpc) is 2.85. The first-order valence-electron chi connectivity index (χ1n) is 10.8. The molecule has 0 atom stereocenters. The van der Waals surface area contributed by atoms with Crippen molar-refractivity contribution in [2.45, 2.75) is 12.8 Å². The topological polar surface area (TPSA) is 79.4 Å². The fraction of sp³-hybridized carbons (Fsp3) is 0.0690. The molecule has 0 saturated carbocycles. The second kappa shape index (κ2) is 10.3. The third kappa shape index (κ3) is 5.69. The summed E-state index contributed by atoms with van der Waals surface area (Å²) in [6.45, 7) is 0. The van der Waals surface area contributed by atoms with E-state index in [0.29, 0.717) is 11.2 Å². The third-order valence-electron chi connectivity index (χ3n) is 5.42. The van der Waals surface area contributed by atoms with E-state index in [4.69, 9.17) is 5.73 Å². The van der Waals surface area contributed by atoms with Gasteiger partial charge in [0.1, 0.15) is 17.0 Å². The third-order valence-corrected chi connectivity index (χ3v) is 5.42. The Hall–Kier alpha value is -4.31. The number of phenolic OH excluding ortho intramolecular Hbond substituents is 2. The average molecular weight is 435 g/mol. The van der Waals surface area contributed by atoms with Crippen LogP contribution in [0.25, 0.3) is 10.9 Å². The number of hydrogen-bond acceptors (Lipinski definition) is 4. The van der Waals surface area contributed by atoms with Gasteiger partial charge in [0.25, 0.3) is 0 Å². The molecule has 0 aliphatic rings. The Labute approximate surface area is 193 Å². The number of nitrogen functional groups attached to an aromatic ring is 1.